The molecule has 3 aromatic rings. The van der Waals surface area contributed by atoms with E-state index in [-0.39, 0.29) is 17.3 Å². The third kappa shape index (κ3) is 5.51. The van der Waals surface area contributed by atoms with Crippen molar-refractivity contribution >= 4 is 22.4 Å². The first-order chi connectivity index (χ1) is 17.4. The molecule has 37 heavy (non-hydrogen) atoms. The van der Waals surface area contributed by atoms with Crippen LogP contribution in [0.5, 0.6) is 11.5 Å². The Morgan fingerprint density at radius 1 is 1.16 bits per heavy atom. The molecule has 0 saturated carbocycles. The van der Waals surface area contributed by atoms with Crippen LogP contribution in [0.1, 0.15) is 49.7 Å². The molecule has 2 heterocycles. The summed E-state index contributed by atoms with van der Waals surface area (Å²) in [6, 6.07) is 5.09. The molecule has 1 aliphatic rings. The Morgan fingerprint density at radius 2 is 1.89 bits per heavy atom. The number of nitrogens with one attached hydrogen (secondary N) is 1. The summed E-state index contributed by atoms with van der Waals surface area (Å²) in [4.78, 5) is 11.2. The second kappa shape index (κ2) is 10.2. The Balaban J connectivity index is 1.69. The number of ether oxygens (including phenoxy) is 2. The van der Waals surface area contributed by atoms with Gasteiger partial charge in [-0.25, -0.2) is 14.4 Å². The minimum Gasteiger partial charge on any atom is -0.493 e. The van der Waals surface area contributed by atoms with Crippen molar-refractivity contribution in [3.05, 3.63) is 47.0 Å². The van der Waals surface area contributed by atoms with Gasteiger partial charge in [-0.05, 0) is 58.9 Å². The third-order valence-corrected chi connectivity index (χ3v) is 6.96. The van der Waals surface area contributed by atoms with Crippen LogP contribution >= 0.6 is 0 Å². The molecule has 0 bridgehead atoms. The zero-order chi connectivity index (χ0) is 27.1. The first-order valence-corrected chi connectivity index (χ1v) is 12.0. The minimum atomic E-state index is -4.87. The molecule has 1 saturated heterocycles. The van der Waals surface area contributed by atoms with E-state index >= 15 is 0 Å². The number of alkyl halides is 3. The number of fused-ring (bicyclic) bond motifs is 1. The molecule has 1 aromatic heterocycles. The summed E-state index contributed by atoms with van der Waals surface area (Å²) in [6.07, 6.45) is -2.76. The lowest BCUT2D eigenvalue weighted by atomic mass is 10.0. The van der Waals surface area contributed by atoms with Crippen molar-refractivity contribution in [2.75, 3.05) is 31.8 Å². The average Bonchev–Trinajstić information content (AvgIpc) is 3.14. The molecular formula is C26H31F4N5O2. The first kappa shape index (κ1) is 26.7. The summed E-state index contributed by atoms with van der Waals surface area (Å²) in [6.45, 7) is 5.87. The van der Waals surface area contributed by atoms with Gasteiger partial charge in [-0.15, -0.1) is 0 Å². The molecule has 0 spiro atoms. The molecule has 4 rings (SSSR count). The van der Waals surface area contributed by atoms with E-state index in [4.69, 9.17) is 15.2 Å². The molecule has 3 N–H and O–H groups in total. The fourth-order valence-corrected chi connectivity index (χ4v) is 4.70. The number of hydrogen-bond acceptors (Lipinski definition) is 7. The highest BCUT2D eigenvalue weighted by molar-refractivity contribution is 5.92. The SMILES string of the molecule is COc1cc2nc(C)nc(N[C@H](C)c3cc(N)cc(C(F)(F)F)c3F)c2cc1OC[C@@H]1CC[C@H](C)N1C. The standard InChI is InChI=1S/C26H31F4N5O2/c1-13-6-7-17(35(13)4)12-37-23-10-19-21(11-22(23)36-5)33-15(3)34-25(19)32-14(2)18-8-16(31)9-20(24(18)27)26(28,29)30/h8-11,13-14,17H,6-7,12,31H2,1-5H3,(H,32,33,34)/t13-,14+,17-/m0/s1. The van der Waals surface area contributed by atoms with E-state index in [1.807, 2.05) is 0 Å². The van der Waals surface area contributed by atoms with E-state index in [2.05, 4.69) is 34.2 Å². The van der Waals surface area contributed by atoms with Crippen LogP contribution in [-0.4, -0.2) is 47.7 Å². The van der Waals surface area contributed by atoms with Crippen LogP contribution in [0.2, 0.25) is 0 Å². The molecule has 0 unspecified atom stereocenters. The minimum absolute atomic E-state index is 0.187. The van der Waals surface area contributed by atoms with Crippen molar-refractivity contribution in [1.82, 2.24) is 14.9 Å². The van der Waals surface area contributed by atoms with Crippen molar-refractivity contribution in [3.63, 3.8) is 0 Å². The molecule has 0 radical (unpaired) electrons. The van der Waals surface area contributed by atoms with Gasteiger partial charge in [0.25, 0.3) is 0 Å². The van der Waals surface area contributed by atoms with E-state index in [9.17, 15) is 17.6 Å². The number of nitrogens with zero attached hydrogens (tertiary/aromatic N) is 3. The fourth-order valence-electron chi connectivity index (χ4n) is 4.70. The number of anilines is 2. The molecule has 0 amide bonds. The van der Waals surface area contributed by atoms with Gasteiger partial charge >= 0.3 is 6.18 Å². The van der Waals surface area contributed by atoms with Gasteiger partial charge in [0.05, 0.1) is 24.2 Å². The zero-order valence-electron chi connectivity index (χ0n) is 21.4. The van der Waals surface area contributed by atoms with Crippen molar-refractivity contribution < 1.29 is 27.0 Å². The molecule has 3 atom stereocenters. The lowest BCUT2D eigenvalue weighted by Gasteiger charge is -2.24. The fraction of sp³-hybridized carbons (Fsp3) is 0.462. The number of benzene rings is 2. The van der Waals surface area contributed by atoms with Crippen LogP contribution in [0.15, 0.2) is 24.3 Å². The number of aromatic nitrogens is 2. The Hall–Kier alpha value is -3.34. The smallest absolute Gasteiger partial charge is 0.419 e. The molecule has 2 aromatic carbocycles. The number of likely N-dealkylation sites (tertiary alicyclic amines) is 1. The lowest BCUT2D eigenvalue weighted by molar-refractivity contribution is -0.140. The molecule has 0 aliphatic carbocycles. The van der Waals surface area contributed by atoms with Crippen molar-refractivity contribution in [2.45, 2.75) is 57.9 Å². The topological polar surface area (TPSA) is 85.5 Å². The number of halogens is 4. The van der Waals surface area contributed by atoms with Gasteiger partial charge in [0.15, 0.2) is 11.5 Å². The monoisotopic (exact) mass is 521 g/mol. The lowest BCUT2D eigenvalue weighted by Crippen LogP contribution is -2.34. The number of hydrogen-bond donors (Lipinski definition) is 2. The number of rotatable bonds is 7. The van der Waals surface area contributed by atoms with Crippen LogP contribution in [0, 0.1) is 12.7 Å². The summed E-state index contributed by atoms with van der Waals surface area (Å²) in [5.41, 5.74) is 4.40. The highest BCUT2D eigenvalue weighted by atomic mass is 19.4. The predicted octanol–water partition coefficient (Wildman–Crippen LogP) is 5.72. The number of likely N-dealkylation sites (N-methyl/N-ethyl adjacent to an activating group) is 1. The van der Waals surface area contributed by atoms with E-state index in [1.165, 1.54) is 13.2 Å². The average molecular weight is 522 g/mol. The van der Waals surface area contributed by atoms with Gasteiger partial charge < -0.3 is 20.5 Å². The van der Waals surface area contributed by atoms with E-state index < -0.39 is 23.6 Å². The van der Waals surface area contributed by atoms with E-state index in [0.717, 1.165) is 12.8 Å². The highest BCUT2D eigenvalue weighted by Gasteiger charge is 2.36. The summed E-state index contributed by atoms with van der Waals surface area (Å²) in [5, 5.41) is 3.60. The predicted molar refractivity (Wildman–Crippen MR) is 134 cm³/mol. The van der Waals surface area contributed by atoms with Gasteiger partial charge in [0, 0.05) is 34.8 Å². The number of nitrogens with two attached hydrogens (primary N) is 1. The number of nitrogen functional groups attached to an aromatic ring is 1. The maximum atomic E-state index is 14.9. The van der Waals surface area contributed by atoms with Crippen LogP contribution in [0.3, 0.4) is 0 Å². The largest absolute Gasteiger partial charge is 0.493 e. The van der Waals surface area contributed by atoms with Crippen LogP contribution in [-0.2, 0) is 6.18 Å². The summed E-state index contributed by atoms with van der Waals surface area (Å²) < 4.78 is 66.6. The van der Waals surface area contributed by atoms with Crippen LogP contribution < -0.4 is 20.5 Å². The Morgan fingerprint density at radius 3 is 2.51 bits per heavy atom. The van der Waals surface area contributed by atoms with Gasteiger partial charge in [0.2, 0.25) is 0 Å². The zero-order valence-corrected chi connectivity index (χ0v) is 21.4. The Labute approximate surface area is 213 Å². The molecular weight excluding hydrogens is 490 g/mol. The van der Waals surface area contributed by atoms with E-state index in [1.54, 1.807) is 26.0 Å². The molecule has 7 nitrogen and oxygen atoms in total. The second-order valence-electron chi connectivity index (χ2n) is 9.53. The Kier molecular flexibility index (Phi) is 7.36. The number of aryl methyl sites for hydroxylation is 1. The quantitative estimate of drug-likeness (QED) is 0.304. The van der Waals surface area contributed by atoms with Crippen molar-refractivity contribution in [2.24, 2.45) is 0 Å². The molecule has 200 valence electrons. The van der Waals surface area contributed by atoms with Gasteiger partial charge in [-0.2, -0.15) is 13.2 Å². The third-order valence-electron chi connectivity index (χ3n) is 6.96. The van der Waals surface area contributed by atoms with Crippen LogP contribution in [0.25, 0.3) is 10.9 Å². The first-order valence-electron chi connectivity index (χ1n) is 12.0. The van der Waals surface area contributed by atoms with E-state index in [0.29, 0.717) is 52.8 Å². The van der Waals surface area contributed by atoms with Gasteiger partial charge in [0.1, 0.15) is 24.1 Å². The van der Waals surface area contributed by atoms with Crippen molar-refractivity contribution in [1.29, 1.82) is 0 Å². The van der Waals surface area contributed by atoms with Crippen LogP contribution in [0.4, 0.5) is 29.1 Å². The highest BCUT2D eigenvalue weighted by Crippen LogP contribution is 2.38. The van der Waals surface area contributed by atoms with Gasteiger partial charge in [-0.3, -0.25) is 4.90 Å². The molecule has 1 fully saturated rings. The summed E-state index contributed by atoms with van der Waals surface area (Å²) in [5.74, 6) is 0.348. The maximum absolute atomic E-state index is 14.9. The maximum Gasteiger partial charge on any atom is 0.419 e. The molecule has 1 aliphatic heterocycles. The van der Waals surface area contributed by atoms with Gasteiger partial charge in [-0.1, -0.05) is 0 Å². The summed E-state index contributed by atoms with van der Waals surface area (Å²) >= 11 is 0. The second-order valence-corrected chi connectivity index (χ2v) is 9.53. The molecule has 11 heteroatoms. The van der Waals surface area contributed by atoms with Crippen molar-refractivity contribution in [3.8, 4) is 11.5 Å². The Bertz CT molecular complexity index is 1300. The summed E-state index contributed by atoms with van der Waals surface area (Å²) in [7, 11) is 3.61. The normalized spacial score (nSPS) is 19.3. The number of methoxy groups -OCH3 is 1.